The second-order valence-corrected chi connectivity index (χ2v) is 4.60. The molecule has 1 unspecified atom stereocenters. The van der Waals surface area contributed by atoms with Crippen LogP contribution in [0.2, 0.25) is 0 Å². The number of aryl methyl sites for hydroxylation is 1. The summed E-state index contributed by atoms with van der Waals surface area (Å²) in [6, 6.07) is 5.66. The van der Waals surface area contributed by atoms with Crippen molar-refractivity contribution in [1.29, 1.82) is 0 Å². The summed E-state index contributed by atoms with van der Waals surface area (Å²) in [5.74, 6) is 0.679. The Morgan fingerprint density at radius 1 is 1.44 bits per heavy atom. The largest absolute Gasteiger partial charge is 0.493 e. The molecule has 0 bridgehead atoms. The lowest BCUT2D eigenvalue weighted by atomic mass is 10.1. The van der Waals surface area contributed by atoms with E-state index in [2.05, 4.69) is 0 Å². The molecule has 0 saturated carbocycles. The molecule has 1 rings (SSSR count). The number of aliphatic hydroxyl groups is 1. The zero-order valence-corrected chi connectivity index (χ0v) is 11.4. The molecule has 0 aromatic heterocycles. The topological polar surface area (TPSA) is 49.8 Å². The van der Waals surface area contributed by atoms with Crippen LogP contribution in [0.25, 0.3) is 0 Å². The first kappa shape index (κ1) is 14.5. The van der Waals surface area contributed by atoms with Gasteiger partial charge in [-0.05, 0) is 25.5 Å². The number of rotatable bonds is 5. The molecule has 1 amide bonds. The molecule has 18 heavy (non-hydrogen) atoms. The van der Waals surface area contributed by atoms with Crippen LogP contribution in [0, 0.1) is 6.92 Å². The van der Waals surface area contributed by atoms with Crippen molar-refractivity contribution in [2.45, 2.75) is 26.4 Å². The molecule has 4 heteroatoms. The van der Waals surface area contributed by atoms with Crippen LogP contribution in [0.5, 0.6) is 5.75 Å². The Labute approximate surface area is 108 Å². The number of ether oxygens (including phenoxy) is 1. The van der Waals surface area contributed by atoms with Crippen LogP contribution in [-0.4, -0.2) is 36.6 Å². The Kier molecular flexibility index (Phi) is 5.16. The average molecular weight is 251 g/mol. The molecule has 0 aliphatic heterocycles. The summed E-state index contributed by atoms with van der Waals surface area (Å²) < 4.78 is 5.59. The number of hydrogen-bond donors (Lipinski definition) is 1. The minimum absolute atomic E-state index is 0.0289. The summed E-state index contributed by atoms with van der Waals surface area (Å²) in [5.41, 5.74) is 1.81. The Bertz CT molecular complexity index is 414. The van der Waals surface area contributed by atoms with Gasteiger partial charge in [0.1, 0.15) is 5.75 Å². The van der Waals surface area contributed by atoms with E-state index in [1.54, 1.807) is 21.0 Å². The van der Waals surface area contributed by atoms with Gasteiger partial charge in [0.2, 0.25) is 5.91 Å². The van der Waals surface area contributed by atoms with Crippen LogP contribution in [0.3, 0.4) is 0 Å². The molecule has 100 valence electrons. The molecule has 0 aliphatic carbocycles. The molecular weight excluding hydrogens is 230 g/mol. The van der Waals surface area contributed by atoms with Crippen LogP contribution >= 0.6 is 0 Å². The van der Waals surface area contributed by atoms with Crippen molar-refractivity contribution in [2.24, 2.45) is 0 Å². The standard InChI is InChI=1S/C14H21NO3/c1-10-5-6-12(11(2)16)13(9-10)18-8-7-14(17)15(3)4/h5-6,9,11,16H,7-8H2,1-4H3. The lowest BCUT2D eigenvalue weighted by Crippen LogP contribution is -2.23. The third-order valence-corrected chi connectivity index (χ3v) is 2.69. The van der Waals surface area contributed by atoms with Gasteiger partial charge >= 0.3 is 0 Å². The van der Waals surface area contributed by atoms with Crippen LogP contribution in [0.15, 0.2) is 18.2 Å². The zero-order chi connectivity index (χ0) is 13.7. The van der Waals surface area contributed by atoms with Crippen molar-refractivity contribution < 1.29 is 14.6 Å². The van der Waals surface area contributed by atoms with E-state index in [1.807, 2.05) is 25.1 Å². The van der Waals surface area contributed by atoms with E-state index >= 15 is 0 Å². The van der Waals surface area contributed by atoms with Gasteiger partial charge < -0.3 is 14.7 Å². The Morgan fingerprint density at radius 3 is 2.67 bits per heavy atom. The highest BCUT2D eigenvalue weighted by atomic mass is 16.5. The molecule has 1 N–H and O–H groups in total. The molecule has 0 saturated heterocycles. The van der Waals surface area contributed by atoms with Gasteiger partial charge in [-0.15, -0.1) is 0 Å². The van der Waals surface area contributed by atoms with Crippen molar-refractivity contribution in [3.05, 3.63) is 29.3 Å². The highest BCUT2D eigenvalue weighted by Gasteiger charge is 2.10. The van der Waals surface area contributed by atoms with Crippen molar-refractivity contribution in [3.63, 3.8) is 0 Å². The lowest BCUT2D eigenvalue weighted by Gasteiger charge is -2.15. The van der Waals surface area contributed by atoms with Gasteiger partial charge in [-0.25, -0.2) is 0 Å². The smallest absolute Gasteiger partial charge is 0.225 e. The monoisotopic (exact) mass is 251 g/mol. The fourth-order valence-electron chi connectivity index (χ4n) is 1.58. The summed E-state index contributed by atoms with van der Waals surface area (Å²) in [6.07, 6.45) is -0.245. The number of hydrogen-bond acceptors (Lipinski definition) is 3. The van der Waals surface area contributed by atoms with Crippen molar-refractivity contribution >= 4 is 5.91 Å². The molecular formula is C14H21NO3. The van der Waals surface area contributed by atoms with Gasteiger partial charge in [-0.1, -0.05) is 12.1 Å². The first-order chi connectivity index (χ1) is 8.41. The lowest BCUT2D eigenvalue weighted by molar-refractivity contribution is -0.129. The fraction of sp³-hybridized carbons (Fsp3) is 0.500. The maximum Gasteiger partial charge on any atom is 0.225 e. The second-order valence-electron chi connectivity index (χ2n) is 4.60. The van der Waals surface area contributed by atoms with Crippen LogP contribution < -0.4 is 4.74 Å². The molecule has 1 aromatic rings. The summed E-state index contributed by atoms with van der Waals surface area (Å²) >= 11 is 0. The fourth-order valence-corrected chi connectivity index (χ4v) is 1.58. The van der Waals surface area contributed by atoms with Gasteiger partial charge in [0, 0.05) is 19.7 Å². The van der Waals surface area contributed by atoms with Gasteiger partial charge in [0.05, 0.1) is 19.1 Å². The van der Waals surface area contributed by atoms with Crippen LogP contribution in [-0.2, 0) is 4.79 Å². The molecule has 0 radical (unpaired) electrons. The second kappa shape index (κ2) is 6.40. The third-order valence-electron chi connectivity index (χ3n) is 2.69. The number of carbonyl (C=O) groups excluding carboxylic acids is 1. The first-order valence-corrected chi connectivity index (χ1v) is 6.03. The highest BCUT2D eigenvalue weighted by Crippen LogP contribution is 2.26. The number of aliphatic hydroxyl groups excluding tert-OH is 1. The summed E-state index contributed by atoms with van der Waals surface area (Å²) in [6.45, 7) is 3.98. The predicted octanol–water partition coefficient (Wildman–Crippen LogP) is 1.91. The molecule has 0 spiro atoms. The van der Waals surface area contributed by atoms with Gasteiger partial charge in [0.15, 0.2) is 0 Å². The maximum atomic E-state index is 11.4. The maximum absolute atomic E-state index is 11.4. The van der Waals surface area contributed by atoms with Crippen molar-refractivity contribution in [3.8, 4) is 5.75 Å². The van der Waals surface area contributed by atoms with Crippen LogP contribution in [0.1, 0.15) is 30.6 Å². The number of amides is 1. The first-order valence-electron chi connectivity index (χ1n) is 6.03. The van der Waals surface area contributed by atoms with E-state index in [1.165, 1.54) is 4.90 Å². The molecule has 0 fully saturated rings. The van der Waals surface area contributed by atoms with Crippen molar-refractivity contribution in [1.82, 2.24) is 4.90 Å². The average Bonchev–Trinajstić information content (AvgIpc) is 2.28. The SMILES string of the molecule is Cc1ccc(C(C)O)c(OCCC(=O)N(C)C)c1. The van der Waals surface area contributed by atoms with E-state index in [4.69, 9.17) is 4.74 Å². The summed E-state index contributed by atoms with van der Waals surface area (Å²) in [4.78, 5) is 13.0. The van der Waals surface area contributed by atoms with Gasteiger partial charge in [0.25, 0.3) is 0 Å². The molecule has 1 aromatic carbocycles. The minimum Gasteiger partial charge on any atom is -0.493 e. The van der Waals surface area contributed by atoms with E-state index in [0.717, 1.165) is 11.1 Å². The van der Waals surface area contributed by atoms with Gasteiger partial charge in [-0.2, -0.15) is 0 Å². The Hall–Kier alpha value is -1.55. The zero-order valence-electron chi connectivity index (χ0n) is 11.4. The number of carbonyl (C=O) groups is 1. The van der Waals surface area contributed by atoms with Crippen LogP contribution in [0.4, 0.5) is 0 Å². The normalized spacial score (nSPS) is 12.1. The van der Waals surface area contributed by atoms with Crippen molar-refractivity contribution in [2.75, 3.05) is 20.7 Å². The molecule has 4 nitrogen and oxygen atoms in total. The summed E-state index contributed by atoms with van der Waals surface area (Å²) in [5, 5.41) is 9.64. The quantitative estimate of drug-likeness (QED) is 0.869. The van der Waals surface area contributed by atoms with E-state index in [-0.39, 0.29) is 5.91 Å². The molecule has 1 atom stereocenters. The summed E-state index contributed by atoms with van der Waals surface area (Å²) in [7, 11) is 3.44. The number of nitrogens with zero attached hydrogens (tertiary/aromatic N) is 1. The highest BCUT2D eigenvalue weighted by molar-refractivity contribution is 5.75. The van der Waals surface area contributed by atoms with E-state index in [9.17, 15) is 9.90 Å². The predicted molar refractivity (Wildman–Crippen MR) is 70.6 cm³/mol. The van der Waals surface area contributed by atoms with E-state index in [0.29, 0.717) is 18.8 Å². The third kappa shape index (κ3) is 4.04. The Morgan fingerprint density at radius 2 is 2.11 bits per heavy atom. The van der Waals surface area contributed by atoms with Gasteiger partial charge in [-0.3, -0.25) is 4.79 Å². The molecule has 0 heterocycles. The van der Waals surface area contributed by atoms with E-state index < -0.39 is 6.10 Å². The molecule has 0 aliphatic rings. The Balaban J connectivity index is 2.66. The minimum atomic E-state index is -0.579. The number of benzene rings is 1.